The molecule has 0 saturated heterocycles. The number of aliphatic hydroxyl groups is 1. The van der Waals surface area contributed by atoms with Crippen molar-refractivity contribution in [2.24, 2.45) is 7.05 Å². The highest BCUT2D eigenvalue weighted by Crippen LogP contribution is 2.29. The lowest BCUT2D eigenvalue weighted by atomic mass is 10.1. The molecule has 0 aliphatic rings. The molecule has 2 aromatic rings. The average molecular weight is 278 g/mol. The maximum Gasteiger partial charge on any atom is 0.270 e. The molecule has 0 amide bonds. The summed E-state index contributed by atoms with van der Waals surface area (Å²) >= 11 is 0. The van der Waals surface area contributed by atoms with Crippen LogP contribution in [-0.4, -0.2) is 25.0 Å². The number of hydrogen-bond donors (Lipinski definition) is 1. The zero-order valence-electron chi connectivity index (χ0n) is 11.1. The number of rotatable bonds is 5. The van der Waals surface area contributed by atoms with Gasteiger partial charge in [0.1, 0.15) is 18.1 Å². The lowest BCUT2D eigenvalue weighted by Crippen LogP contribution is -2.02. The Kier molecular flexibility index (Phi) is 3.94. The second kappa shape index (κ2) is 5.66. The van der Waals surface area contributed by atoms with Crippen molar-refractivity contribution in [1.82, 2.24) is 15.0 Å². The van der Waals surface area contributed by atoms with E-state index in [1.807, 2.05) is 0 Å². The van der Waals surface area contributed by atoms with Gasteiger partial charge in [0, 0.05) is 24.7 Å². The van der Waals surface area contributed by atoms with Crippen molar-refractivity contribution in [3.8, 4) is 5.75 Å². The van der Waals surface area contributed by atoms with Crippen LogP contribution >= 0.6 is 0 Å². The Balaban J connectivity index is 2.20. The number of hydrogen-bond acceptors (Lipinski definition) is 6. The summed E-state index contributed by atoms with van der Waals surface area (Å²) in [4.78, 5) is 10.2. The molecule has 1 N–H and O–H groups in total. The largest absolute Gasteiger partial charge is 0.487 e. The number of non-ortho nitro benzene ring substituents is 1. The molecule has 106 valence electrons. The molecule has 0 spiro atoms. The predicted octanol–water partition coefficient (Wildman–Crippen LogP) is 1.36. The minimum atomic E-state index is -0.869. The normalized spacial score (nSPS) is 12.2. The quantitative estimate of drug-likeness (QED) is 0.654. The van der Waals surface area contributed by atoms with Gasteiger partial charge in [0.05, 0.1) is 17.2 Å². The number of nitrogens with zero attached hydrogens (tertiary/aromatic N) is 4. The summed E-state index contributed by atoms with van der Waals surface area (Å²) in [5, 5.41) is 28.0. The topological polar surface area (TPSA) is 103 Å². The van der Waals surface area contributed by atoms with E-state index in [1.54, 1.807) is 17.9 Å². The second-order valence-electron chi connectivity index (χ2n) is 4.33. The van der Waals surface area contributed by atoms with Crippen LogP contribution in [0.5, 0.6) is 5.75 Å². The fourth-order valence-electron chi connectivity index (χ4n) is 1.72. The standard InChI is InChI=1S/C12H14N4O4/c1-8(17)11-5-10(16(18)19)3-4-12(11)20-7-9-6-15(2)14-13-9/h3-6,8,17H,7H2,1-2H3/t8-/m1/s1. The highest BCUT2D eigenvalue weighted by Gasteiger charge is 2.15. The van der Waals surface area contributed by atoms with Gasteiger partial charge in [0.25, 0.3) is 5.69 Å². The number of nitro groups is 1. The number of benzene rings is 1. The molecule has 8 heteroatoms. The van der Waals surface area contributed by atoms with Crippen molar-refractivity contribution >= 4 is 5.69 Å². The highest BCUT2D eigenvalue weighted by molar-refractivity contribution is 5.44. The van der Waals surface area contributed by atoms with Gasteiger partial charge in [-0.05, 0) is 13.0 Å². The summed E-state index contributed by atoms with van der Waals surface area (Å²) in [6.07, 6.45) is 0.833. The van der Waals surface area contributed by atoms with E-state index in [9.17, 15) is 15.2 Å². The number of aromatic nitrogens is 3. The van der Waals surface area contributed by atoms with Gasteiger partial charge in [-0.25, -0.2) is 0 Å². The van der Waals surface area contributed by atoms with Crippen molar-refractivity contribution in [2.75, 3.05) is 0 Å². The Hall–Kier alpha value is -2.48. The molecule has 0 bridgehead atoms. The lowest BCUT2D eigenvalue weighted by Gasteiger charge is -2.12. The zero-order chi connectivity index (χ0) is 14.7. The van der Waals surface area contributed by atoms with Gasteiger partial charge in [0.15, 0.2) is 0 Å². The summed E-state index contributed by atoms with van der Waals surface area (Å²) in [5.74, 6) is 0.385. The molecule has 0 radical (unpaired) electrons. The average Bonchev–Trinajstić information content (AvgIpc) is 2.81. The van der Waals surface area contributed by atoms with Gasteiger partial charge in [-0.2, -0.15) is 0 Å². The number of nitro benzene ring substituents is 1. The molecule has 0 aliphatic heterocycles. The summed E-state index contributed by atoms with van der Waals surface area (Å²) in [7, 11) is 1.74. The first kappa shape index (κ1) is 13.9. The molecule has 0 aliphatic carbocycles. The Morgan fingerprint density at radius 2 is 2.30 bits per heavy atom. The van der Waals surface area contributed by atoms with Crippen molar-refractivity contribution in [3.05, 3.63) is 45.8 Å². The van der Waals surface area contributed by atoms with Gasteiger partial charge in [-0.15, -0.1) is 5.10 Å². The van der Waals surface area contributed by atoms with Crippen molar-refractivity contribution < 1.29 is 14.8 Å². The van der Waals surface area contributed by atoms with Crippen molar-refractivity contribution in [1.29, 1.82) is 0 Å². The zero-order valence-corrected chi connectivity index (χ0v) is 11.1. The van der Waals surface area contributed by atoms with E-state index in [0.29, 0.717) is 17.0 Å². The molecule has 0 unspecified atom stereocenters. The van der Waals surface area contributed by atoms with Crippen LogP contribution in [0.2, 0.25) is 0 Å². The van der Waals surface area contributed by atoms with E-state index in [-0.39, 0.29) is 12.3 Å². The number of aliphatic hydroxyl groups excluding tert-OH is 1. The molecular weight excluding hydrogens is 264 g/mol. The first-order valence-corrected chi connectivity index (χ1v) is 5.92. The third-order valence-corrected chi connectivity index (χ3v) is 2.68. The fourth-order valence-corrected chi connectivity index (χ4v) is 1.72. The lowest BCUT2D eigenvalue weighted by molar-refractivity contribution is -0.385. The van der Waals surface area contributed by atoms with E-state index < -0.39 is 11.0 Å². The summed E-state index contributed by atoms with van der Waals surface area (Å²) in [6, 6.07) is 4.10. The minimum absolute atomic E-state index is 0.0900. The first-order chi connectivity index (χ1) is 9.47. The Bertz CT molecular complexity index is 624. The molecule has 1 aromatic heterocycles. The van der Waals surface area contributed by atoms with Crippen molar-refractivity contribution in [3.63, 3.8) is 0 Å². The van der Waals surface area contributed by atoms with E-state index in [0.717, 1.165) is 0 Å². The molecule has 8 nitrogen and oxygen atoms in total. The fraction of sp³-hybridized carbons (Fsp3) is 0.333. The molecule has 2 rings (SSSR count). The van der Waals surface area contributed by atoms with Crippen LogP contribution in [0.15, 0.2) is 24.4 Å². The highest BCUT2D eigenvalue weighted by atomic mass is 16.6. The maximum absolute atomic E-state index is 10.7. The van der Waals surface area contributed by atoms with Gasteiger partial charge in [0.2, 0.25) is 0 Å². The van der Waals surface area contributed by atoms with Crippen LogP contribution in [0.4, 0.5) is 5.69 Å². The van der Waals surface area contributed by atoms with E-state index in [1.165, 1.54) is 25.1 Å². The monoisotopic (exact) mass is 278 g/mol. The first-order valence-electron chi connectivity index (χ1n) is 5.92. The third-order valence-electron chi connectivity index (χ3n) is 2.68. The molecule has 0 fully saturated rings. The number of ether oxygens (including phenoxy) is 1. The van der Waals surface area contributed by atoms with Crippen LogP contribution < -0.4 is 4.74 Å². The molecule has 1 atom stereocenters. The van der Waals surface area contributed by atoms with Gasteiger partial charge >= 0.3 is 0 Å². The Morgan fingerprint density at radius 3 is 2.85 bits per heavy atom. The molecular formula is C12H14N4O4. The van der Waals surface area contributed by atoms with E-state index in [4.69, 9.17) is 4.74 Å². The van der Waals surface area contributed by atoms with E-state index in [2.05, 4.69) is 10.3 Å². The summed E-state index contributed by atoms with van der Waals surface area (Å²) in [6.45, 7) is 1.69. The van der Waals surface area contributed by atoms with Crippen molar-refractivity contribution in [2.45, 2.75) is 19.6 Å². The van der Waals surface area contributed by atoms with Gasteiger partial charge in [-0.3, -0.25) is 14.8 Å². The second-order valence-corrected chi connectivity index (χ2v) is 4.33. The summed E-state index contributed by atoms with van der Waals surface area (Å²) < 4.78 is 7.08. The van der Waals surface area contributed by atoms with Crippen LogP contribution in [0, 0.1) is 10.1 Å². The maximum atomic E-state index is 10.7. The molecule has 1 heterocycles. The predicted molar refractivity (Wildman–Crippen MR) is 69.1 cm³/mol. The van der Waals surface area contributed by atoms with Gasteiger partial charge in [-0.1, -0.05) is 5.21 Å². The third kappa shape index (κ3) is 3.09. The van der Waals surface area contributed by atoms with Gasteiger partial charge < -0.3 is 9.84 Å². The molecule has 1 aromatic carbocycles. The Morgan fingerprint density at radius 1 is 1.55 bits per heavy atom. The van der Waals surface area contributed by atoms with Crippen LogP contribution in [0.3, 0.4) is 0 Å². The molecule has 20 heavy (non-hydrogen) atoms. The van der Waals surface area contributed by atoms with Crippen LogP contribution in [0.1, 0.15) is 24.3 Å². The summed E-state index contributed by atoms with van der Waals surface area (Å²) in [5.41, 5.74) is 0.901. The van der Waals surface area contributed by atoms with E-state index >= 15 is 0 Å². The number of aryl methyl sites for hydroxylation is 1. The molecule has 0 saturated carbocycles. The minimum Gasteiger partial charge on any atom is -0.487 e. The van der Waals surface area contributed by atoms with Crippen LogP contribution in [-0.2, 0) is 13.7 Å². The Labute approximate surface area is 114 Å². The smallest absolute Gasteiger partial charge is 0.270 e. The SMILES string of the molecule is C[C@@H](O)c1cc([N+](=O)[O-])ccc1OCc1cn(C)nn1. The van der Waals surface area contributed by atoms with Crippen LogP contribution in [0.25, 0.3) is 0 Å².